The smallest absolute Gasteiger partial charge is 0.313 e. The van der Waals surface area contributed by atoms with Gasteiger partial charge in [0.2, 0.25) is 0 Å². The molecule has 0 saturated carbocycles. The summed E-state index contributed by atoms with van der Waals surface area (Å²) >= 11 is 0. The molecular weight excluding hydrogens is 263 g/mol. The second-order valence-corrected chi connectivity index (χ2v) is 5.27. The molecule has 0 fully saturated rings. The van der Waals surface area contributed by atoms with E-state index in [1.54, 1.807) is 0 Å². The Morgan fingerprint density at radius 3 is 2.35 bits per heavy atom. The summed E-state index contributed by atoms with van der Waals surface area (Å²) in [5.74, 6) is 0.219. The molecular formula is C16H24F3N. The quantitative estimate of drug-likeness (QED) is 0.717. The minimum Gasteiger partial charge on any atom is -0.313 e. The first-order valence-electron chi connectivity index (χ1n) is 7.29. The van der Waals surface area contributed by atoms with Gasteiger partial charge in [-0.2, -0.15) is 13.2 Å². The molecule has 114 valence electrons. The van der Waals surface area contributed by atoms with Crippen LogP contribution in [0.1, 0.15) is 51.0 Å². The highest BCUT2D eigenvalue weighted by molar-refractivity contribution is 5.20. The third-order valence-electron chi connectivity index (χ3n) is 3.56. The van der Waals surface area contributed by atoms with Crippen LogP contribution in [0, 0.1) is 0 Å². The van der Waals surface area contributed by atoms with Gasteiger partial charge < -0.3 is 5.32 Å². The molecule has 0 aliphatic carbocycles. The normalized spacial score (nSPS) is 15.1. The number of benzene rings is 1. The van der Waals surface area contributed by atoms with Crippen LogP contribution in [0.25, 0.3) is 0 Å². The Labute approximate surface area is 119 Å². The van der Waals surface area contributed by atoms with E-state index in [0.29, 0.717) is 6.42 Å². The Morgan fingerprint density at radius 1 is 1.15 bits per heavy atom. The molecule has 2 unspecified atom stereocenters. The van der Waals surface area contributed by atoms with Crippen LogP contribution >= 0.6 is 0 Å². The van der Waals surface area contributed by atoms with E-state index >= 15 is 0 Å². The van der Waals surface area contributed by atoms with Crippen molar-refractivity contribution in [2.24, 2.45) is 0 Å². The molecule has 1 nitrogen and oxygen atoms in total. The van der Waals surface area contributed by atoms with Gasteiger partial charge >= 0.3 is 6.18 Å². The first kappa shape index (κ1) is 17.0. The van der Waals surface area contributed by atoms with E-state index < -0.39 is 12.6 Å². The molecule has 0 aliphatic rings. The van der Waals surface area contributed by atoms with Gasteiger partial charge in [-0.1, -0.05) is 44.2 Å². The Hall–Kier alpha value is -1.03. The molecule has 1 aromatic carbocycles. The van der Waals surface area contributed by atoms with Crippen LogP contribution in [0.15, 0.2) is 30.3 Å². The molecule has 0 bridgehead atoms. The van der Waals surface area contributed by atoms with E-state index in [1.165, 1.54) is 5.56 Å². The summed E-state index contributed by atoms with van der Waals surface area (Å²) in [6, 6.07) is 10.1. The van der Waals surface area contributed by atoms with Gasteiger partial charge in [0.15, 0.2) is 0 Å². The summed E-state index contributed by atoms with van der Waals surface area (Å²) in [4.78, 5) is 0. The average molecular weight is 287 g/mol. The molecule has 1 rings (SSSR count). The molecule has 0 heterocycles. The van der Waals surface area contributed by atoms with E-state index in [9.17, 15) is 13.2 Å². The fourth-order valence-corrected chi connectivity index (χ4v) is 2.37. The van der Waals surface area contributed by atoms with Crippen molar-refractivity contribution in [2.45, 2.75) is 57.7 Å². The van der Waals surface area contributed by atoms with Crippen LogP contribution in [0.5, 0.6) is 0 Å². The minimum absolute atomic E-state index is 0.0969. The van der Waals surface area contributed by atoms with Crippen molar-refractivity contribution in [2.75, 3.05) is 6.54 Å². The van der Waals surface area contributed by atoms with E-state index in [0.717, 1.165) is 13.0 Å². The fraction of sp³-hybridized carbons (Fsp3) is 0.625. The largest absolute Gasteiger partial charge is 0.389 e. The lowest BCUT2D eigenvalue weighted by molar-refractivity contribution is -0.135. The van der Waals surface area contributed by atoms with Gasteiger partial charge in [-0.15, -0.1) is 0 Å². The zero-order valence-electron chi connectivity index (χ0n) is 12.2. The maximum Gasteiger partial charge on any atom is 0.389 e. The lowest BCUT2D eigenvalue weighted by Gasteiger charge is -2.26. The Kier molecular flexibility index (Phi) is 7.06. The second kappa shape index (κ2) is 8.30. The summed E-state index contributed by atoms with van der Waals surface area (Å²) in [6.45, 7) is 4.98. The molecule has 0 saturated heterocycles. The zero-order valence-corrected chi connectivity index (χ0v) is 12.2. The van der Waals surface area contributed by atoms with Gasteiger partial charge in [-0.25, -0.2) is 0 Å². The zero-order chi connectivity index (χ0) is 15.0. The van der Waals surface area contributed by atoms with Crippen molar-refractivity contribution < 1.29 is 13.2 Å². The van der Waals surface area contributed by atoms with Crippen LogP contribution < -0.4 is 5.32 Å². The van der Waals surface area contributed by atoms with Crippen molar-refractivity contribution in [3.8, 4) is 0 Å². The number of nitrogens with one attached hydrogen (secondary N) is 1. The second-order valence-electron chi connectivity index (χ2n) is 5.27. The Balaban J connectivity index is 2.59. The van der Waals surface area contributed by atoms with Crippen molar-refractivity contribution in [3.05, 3.63) is 35.9 Å². The number of hydrogen-bond acceptors (Lipinski definition) is 1. The van der Waals surface area contributed by atoms with Gasteiger partial charge in [0.1, 0.15) is 0 Å². The summed E-state index contributed by atoms with van der Waals surface area (Å²) < 4.78 is 36.8. The SMILES string of the molecule is CCCNC(CCCC(F)(F)F)C(C)c1ccccc1. The van der Waals surface area contributed by atoms with Crippen LogP contribution in [0.3, 0.4) is 0 Å². The van der Waals surface area contributed by atoms with Gasteiger partial charge in [0, 0.05) is 12.5 Å². The highest BCUT2D eigenvalue weighted by Crippen LogP contribution is 2.26. The molecule has 1 N–H and O–H groups in total. The van der Waals surface area contributed by atoms with Crippen molar-refractivity contribution >= 4 is 0 Å². The topological polar surface area (TPSA) is 12.0 Å². The first-order chi connectivity index (χ1) is 9.44. The molecule has 2 atom stereocenters. The standard InChI is InChI=1S/C16H24F3N/c1-3-12-20-15(10-7-11-16(17,18)19)13(2)14-8-5-4-6-9-14/h4-6,8-9,13,15,20H,3,7,10-12H2,1-2H3. The van der Waals surface area contributed by atoms with Crippen molar-refractivity contribution in [1.29, 1.82) is 0 Å². The molecule has 0 amide bonds. The fourth-order valence-electron chi connectivity index (χ4n) is 2.37. The number of alkyl halides is 3. The van der Waals surface area contributed by atoms with Gasteiger partial charge in [-0.05, 0) is 37.3 Å². The van der Waals surface area contributed by atoms with E-state index in [1.807, 2.05) is 30.3 Å². The average Bonchev–Trinajstić information content (AvgIpc) is 2.41. The molecule has 1 aromatic rings. The molecule has 20 heavy (non-hydrogen) atoms. The summed E-state index contributed by atoms with van der Waals surface area (Å²) in [5.41, 5.74) is 1.17. The molecule has 0 aromatic heterocycles. The monoisotopic (exact) mass is 287 g/mol. The summed E-state index contributed by atoms with van der Waals surface area (Å²) in [6.07, 6.45) is -3.03. The minimum atomic E-state index is -4.05. The summed E-state index contributed by atoms with van der Waals surface area (Å²) in [7, 11) is 0. The van der Waals surface area contributed by atoms with Crippen LogP contribution in [0.4, 0.5) is 13.2 Å². The third kappa shape index (κ3) is 6.42. The highest BCUT2D eigenvalue weighted by Gasteiger charge is 2.27. The number of halogens is 3. The summed E-state index contributed by atoms with van der Waals surface area (Å²) in [5, 5.41) is 3.39. The molecule has 4 heteroatoms. The molecule has 0 aliphatic heterocycles. The third-order valence-corrected chi connectivity index (χ3v) is 3.56. The van der Waals surface area contributed by atoms with Crippen LogP contribution in [-0.2, 0) is 0 Å². The van der Waals surface area contributed by atoms with Crippen LogP contribution in [0.2, 0.25) is 0 Å². The molecule has 0 spiro atoms. The Bertz CT molecular complexity index is 362. The molecule has 0 radical (unpaired) electrons. The lowest BCUT2D eigenvalue weighted by Crippen LogP contribution is -2.34. The number of rotatable bonds is 8. The maximum absolute atomic E-state index is 12.3. The van der Waals surface area contributed by atoms with Crippen LogP contribution in [-0.4, -0.2) is 18.8 Å². The van der Waals surface area contributed by atoms with E-state index in [4.69, 9.17) is 0 Å². The Morgan fingerprint density at radius 2 is 1.80 bits per heavy atom. The van der Waals surface area contributed by atoms with E-state index in [-0.39, 0.29) is 18.4 Å². The first-order valence-corrected chi connectivity index (χ1v) is 7.29. The lowest BCUT2D eigenvalue weighted by atomic mass is 9.90. The predicted molar refractivity (Wildman–Crippen MR) is 76.8 cm³/mol. The van der Waals surface area contributed by atoms with Crippen molar-refractivity contribution in [3.63, 3.8) is 0 Å². The van der Waals surface area contributed by atoms with Gasteiger partial charge in [-0.3, -0.25) is 0 Å². The van der Waals surface area contributed by atoms with Gasteiger partial charge in [0.05, 0.1) is 0 Å². The van der Waals surface area contributed by atoms with Gasteiger partial charge in [0.25, 0.3) is 0 Å². The highest BCUT2D eigenvalue weighted by atomic mass is 19.4. The van der Waals surface area contributed by atoms with E-state index in [2.05, 4.69) is 19.2 Å². The number of hydrogen-bond donors (Lipinski definition) is 1. The van der Waals surface area contributed by atoms with Crippen molar-refractivity contribution in [1.82, 2.24) is 5.32 Å². The maximum atomic E-state index is 12.3. The predicted octanol–water partition coefficient (Wildman–Crippen LogP) is 4.89.